The average molecular weight is 358 g/mol. The van der Waals surface area contributed by atoms with Crippen LogP contribution in [0.1, 0.15) is 22.9 Å². The summed E-state index contributed by atoms with van der Waals surface area (Å²) in [5, 5.41) is 12.6. The molecule has 1 N–H and O–H groups in total. The van der Waals surface area contributed by atoms with Gasteiger partial charge in [0.25, 0.3) is 0 Å². The molecule has 3 rings (SSSR count). The van der Waals surface area contributed by atoms with Crippen LogP contribution >= 0.6 is 23.6 Å². The Morgan fingerprint density at radius 3 is 2.88 bits per heavy atom. The highest BCUT2D eigenvalue weighted by molar-refractivity contribution is 7.80. The first-order valence-corrected chi connectivity index (χ1v) is 8.95. The van der Waals surface area contributed by atoms with Crippen LogP contribution in [0.5, 0.6) is 5.75 Å². The van der Waals surface area contributed by atoms with Gasteiger partial charge in [0.1, 0.15) is 5.75 Å². The van der Waals surface area contributed by atoms with Crippen LogP contribution in [0.25, 0.3) is 0 Å². The Morgan fingerprint density at radius 2 is 2.25 bits per heavy atom. The molecule has 0 amide bonds. The third kappa shape index (κ3) is 3.49. The summed E-state index contributed by atoms with van der Waals surface area (Å²) in [6, 6.07) is 12.3. The molecule has 1 aromatic heterocycles. The van der Waals surface area contributed by atoms with E-state index in [4.69, 9.17) is 22.1 Å². The van der Waals surface area contributed by atoms with Crippen molar-refractivity contribution in [1.82, 2.24) is 10.3 Å². The van der Waals surface area contributed by atoms with E-state index >= 15 is 0 Å². The fraction of sp³-hybridized carbons (Fsp3) is 0.222. The predicted octanol–water partition coefficient (Wildman–Crippen LogP) is 3.97. The van der Waals surface area contributed by atoms with Crippen LogP contribution in [-0.2, 0) is 0 Å². The van der Waals surface area contributed by atoms with Crippen molar-refractivity contribution in [2.45, 2.75) is 12.5 Å². The van der Waals surface area contributed by atoms with Crippen molar-refractivity contribution in [3.63, 3.8) is 0 Å². The molecular formula is C18H19N3OS2. The maximum Gasteiger partial charge on any atom is 0.190 e. The fourth-order valence-corrected chi connectivity index (χ4v) is 3.66. The number of nitrogens with one attached hydrogen (secondary N) is 1. The van der Waals surface area contributed by atoms with Crippen LogP contribution in [0.2, 0.25) is 0 Å². The normalized spacial score (nSPS) is 16.6. The third-order valence-corrected chi connectivity index (χ3v) is 5.12. The van der Waals surface area contributed by atoms with Crippen LogP contribution in [0.3, 0.4) is 0 Å². The molecule has 124 valence electrons. The number of hydrogen-bond donors (Lipinski definition) is 1. The maximum atomic E-state index is 5.52. The lowest BCUT2D eigenvalue weighted by atomic mass is 10.0. The highest BCUT2D eigenvalue weighted by atomic mass is 32.1. The molecule has 1 aliphatic rings. The molecule has 0 bridgehead atoms. The fourth-order valence-electron chi connectivity index (χ4n) is 2.60. The van der Waals surface area contributed by atoms with Gasteiger partial charge in [0.05, 0.1) is 18.9 Å². The van der Waals surface area contributed by atoms with E-state index in [1.54, 1.807) is 24.5 Å². The molecule has 2 heterocycles. The number of hydrogen-bond acceptors (Lipinski definition) is 4. The Bertz CT molecular complexity index is 738. The van der Waals surface area contributed by atoms with Crippen LogP contribution in [0.15, 0.2) is 59.5 Å². The lowest BCUT2D eigenvalue weighted by molar-refractivity contribution is 0.370. The van der Waals surface area contributed by atoms with Crippen molar-refractivity contribution in [1.29, 1.82) is 0 Å². The van der Waals surface area contributed by atoms with Crippen molar-refractivity contribution in [3.8, 4) is 5.75 Å². The Kier molecular flexibility index (Phi) is 5.27. The van der Waals surface area contributed by atoms with E-state index in [2.05, 4.69) is 29.4 Å². The van der Waals surface area contributed by atoms with Crippen molar-refractivity contribution in [2.75, 3.05) is 13.7 Å². The van der Waals surface area contributed by atoms with E-state index in [1.807, 2.05) is 29.3 Å². The highest BCUT2D eigenvalue weighted by Gasteiger charge is 2.31. The van der Waals surface area contributed by atoms with Gasteiger partial charge in [-0.25, -0.2) is 5.01 Å². The minimum absolute atomic E-state index is 0.131. The van der Waals surface area contributed by atoms with E-state index < -0.39 is 0 Å². The van der Waals surface area contributed by atoms with E-state index in [0.29, 0.717) is 11.7 Å². The SMILES string of the molecule is C=CCNC(=S)N1N=C(c2ccc(OC)cc2)CC1c1cccs1. The molecule has 1 unspecified atom stereocenters. The molecule has 0 saturated heterocycles. The molecule has 1 aromatic carbocycles. The summed E-state index contributed by atoms with van der Waals surface area (Å²) in [5.41, 5.74) is 2.12. The smallest absolute Gasteiger partial charge is 0.190 e. The van der Waals surface area contributed by atoms with Gasteiger partial charge in [-0.15, -0.1) is 17.9 Å². The molecule has 2 aromatic rings. The quantitative estimate of drug-likeness (QED) is 0.649. The van der Waals surface area contributed by atoms with Gasteiger partial charge in [0.2, 0.25) is 0 Å². The Morgan fingerprint density at radius 1 is 1.46 bits per heavy atom. The van der Waals surface area contributed by atoms with Gasteiger partial charge in [-0.1, -0.05) is 12.1 Å². The first-order valence-electron chi connectivity index (χ1n) is 7.66. The van der Waals surface area contributed by atoms with Gasteiger partial charge in [-0.3, -0.25) is 0 Å². The summed E-state index contributed by atoms with van der Waals surface area (Å²) in [7, 11) is 1.67. The number of thiocarbonyl (C=S) groups is 1. The van der Waals surface area contributed by atoms with Crippen LogP contribution < -0.4 is 10.1 Å². The summed E-state index contributed by atoms with van der Waals surface area (Å²) >= 11 is 7.24. The van der Waals surface area contributed by atoms with E-state index in [-0.39, 0.29) is 6.04 Å². The zero-order valence-corrected chi connectivity index (χ0v) is 15.1. The van der Waals surface area contributed by atoms with Crippen molar-refractivity contribution in [2.24, 2.45) is 5.10 Å². The van der Waals surface area contributed by atoms with Gasteiger partial charge < -0.3 is 10.1 Å². The second-order valence-corrected chi connectivity index (χ2v) is 6.70. The lowest BCUT2D eigenvalue weighted by Crippen LogP contribution is -2.36. The third-order valence-electron chi connectivity index (χ3n) is 3.81. The highest BCUT2D eigenvalue weighted by Crippen LogP contribution is 2.35. The number of rotatable bonds is 5. The molecule has 0 radical (unpaired) electrons. The van der Waals surface area contributed by atoms with E-state index in [0.717, 1.165) is 23.4 Å². The second kappa shape index (κ2) is 7.59. The monoisotopic (exact) mass is 357 g/mol. The Balaban J connectivity index is 1.87. The number of hydrazone groups is 1. The zero-order chi connectivity index (χ0) is 16.9. The summed E-state index contributed by atoms with van der Waals surface area (Å²) in [5.74, 6) is 0.840. The van der Waals surface area contributed by atoms with Crippen molar-refractivity contribution >= 4 is 34.4 Å². The standard InChI is InChI=1S/C18H19N3OS2/c1-3-10-19-18(23)21-16(17-5-4-11-24-17)12-15(20-21)13-6-8-14(22-2)9-7-13/h3-9,11,16H,1,10,12H2,2H3,(H,19,23). The van der Waals surface area contributed by atoms with Gasteiger partial charge in [-0.2, -0.15) is 5.10 Å². The minimum Gasteiger partial charge on any atom is -0.497 e. The van der Waals surface area contributed by atoms with Crippen molar-refractivity contribution < 1.29 is 4.74 Å². The van der Waals surface area contributed by atoms with E-state index in [9.17, 15) is 0 Å². The summed E-state index contributed by atoms with van der Waals surface area (Å²) < 4.78 is 5.23. The lowest BCUT2D eigenvalue weighted by Gasteiger charge is -2.23. The molecule has 0 aliphatic carbocycles. The number of methoxy groups -OCH3 is 1. The van der Waals surface area contributed by atoms with Crippen LogP contribution in [0.4, 0.5) is 0 Å². The molecule has 1 aliphatic heterocycles. The predicted molar refractivity (Wildman–Crippen MR) is 104 cm³/mol. The average Bonchev–Trinajstić information content (AvgIpc) is 3.29. The molecule has 24 heavy (non-hydrogen) atoms. The molecule has 4 nitrogen and oxygen atoms in total. The van der Waals surface area contributed by atoms with Crippen LogP contribution in [0, 0.1) is 0 Å². The molecule has 1 atom stereocenters. The first kappa shape index (κ1) is 16.7. The van der Waals surface area contributed by atoms with Gasteiger partial charge in [0, 0.05) is 17.8 Å². The number of nitrogens with zero attached hydrogens (tertiary/aromatic N) is 2. The number of thiophene rings is 1. The topological polar surface area (TPSA) is 36.9 Å². The molecule has 6 heteroatoms. The zero-order valence-electron chi connectivity index (χ0n) is 13.4. The number of benzene rings is 1. The summed E-state index contributed by atoms with van der Waals surface area (Å²) in [6.45, 7) is 4.35. The molecular weight excluding hydrogens is 338 g/mol. The largest absolute Gasteiger partial charge is 0.497 e. The van der Waals surface area contributed by atoms with Gasteiger partial charge in [-0.05, 0) is 53.5 Å². The van der Waals surface area contributed by atoms with Gasteiger partial charge in [0.15, 0.2) is 5.11 Å². The van der Waals surface area contributed by atoms with Crippen molar-refractivity contribution in [3.05, 3.63) is 64.9 Å². The molecule has 0 spiro atoms. The second-order valence-electron chi connectivity index (χ2n) is 5.33. The first-order chi connectivity index (χ1) is 11.7. The minimum atomic E-state index is 0.131. The summed E-state index contributed by atoms with van der Waals surface area (Å²) in [4.78, 5) is 1.25. The van der Waals surface area contributed by atoms with Gasteiger partial charge >= 0.3 is 0 Å². The Labute approximate surface area is 151 Å². The van der Waals surface area contributed by atoms with E-state index in [1.165, 1.54) is 4.88 Å². The summed E-state index contributed by atoms with van der Waals surface area (Å²) in [6.07, 6.45) is 2.61. The Hall–Kier alpha value is -2.18. The van der Waals surface area contributed by atoms with Crippen LogP contribution in [-0.4, -0.2) is 29.5 Å². The maximum absolute atomic E-state index is 5.52. The number of ether oxygens (including phenoxy) is 1. The molecule has 0 fully saturated rings. The molecule has 0 saturated carbocycles.